The number of benzene rings is 1. The standard InChI is InChI=1S/C24H26N4O5S2/c1-4-12-28-19(13-33-16-10-8-15(31-2)9-11-16)26-27-24(28)34-14-20(29)25-22-21(23(30)32-3)17-6-5-7-18(17)35-22/h4,8-11H,1,5-7,12-14H2,2-3H3,(H,25,29). The van der Waals surface area contributed by atoms with Gasteiger partial charge in [0.05, 0.1) is 25.5 Å². The van der Waals surface area contributed by atoms with Crippen molar-refractivity contribution in [2.75, 3.05) is 25.3 Å². The molecule has 0 saturated carbocycles. The summed E-state index contributed by atoms with van der Waals surface area (Å²) >= 11 is 2.71. The molecule has 0 bridgehead atoms. The van der Waals surface area contributed by atoms with Crippen molar-refractivity contribution < 1.29 is 23.8 Å². The first-order chi connectivity index (χ1) is 17.0. The highest BCUT2D eigenvalue weighted by Gasteiger charge is 2.28. The summed E-state index contributed by atoms with van der Waals surface area (Å²) in [5, 5.41) is 12.5. The van der Waals surface area contributed by atoms with E-state index in [9.17, 15) is 9.59 Å². The minimum absolute atomic E-state index is 0.109. The van der Waals surface area contributed by atoms with Crippen molar-refractivity contribution in [2.24, 2.45) is 0 Å². The lowest BCUT2D eigenvalue weighted by atomic mass is 10.1. The zero-order valence-corrected chi connectivity index (χ0v) is 21.2. The Morgan fingerprint density at radius 1 is 1.20 bits per heavy atom. The molecular weight excluding hydrogens is 488 g/mol. The Morgan fingerprint density at radius 2 is 1.97 bits per heavy atom. The molecule has 0 aliphatic heterocycles. The van der Waals surface area contributed by atoms with E-state index in [4.69, 9.17) is 14.2 Å². The van der Waals surface area contributed by atoms with Gasteiger partial charge in [0, 0.05) is 11.4 Å². The van der Waals surface area contributed by atoms with Crippen LogP contribution >= 0.6 is 23.1 Å². The molecule has 0 saturated heterocycles. The number of carbonyl (C=O) groups is 2. The molecule has 9 nitrogen and oxygen atoms in total. The molecule has 4 rings (SSSR count). The van der Waals surface area contributed by atoms with Crippen molar-refractivity contribution in [2.45, 2.75) is 37.6 Å². The number of esters is 1. The van der Waals surface area contributed by atoms with E-state index in [2.05, 4.69) is 22.1 Å². The van der Waals surface area contributed by atoms with Crippen LogP contribution in [-0.4, -0.2) is 46.6 Å². The maximum atomic E-state index is 12.7. The van der Waals surface area contributed by atoms with Crippen LogP contribution in [0.3, 0.4) is 0 Å². The van der Waals surface area contributed by atoms with E-state index in [1.165, 1.54) is 30.2 Å². The van der Waals surface area contributed by atoms with E-state index in [1.54, 1.807) is 13.2 Å². The summed E-state index contributed by atoms with van der Waals surface area (Å²) in [5.41, 5.74) is 1.48. The predicted octanol–water partition coefficient (Wildman–Crippen LogP) is 4.12. The van der Waals surface area contributed by atoms with Crippen LogP contribution in [-0.2, 0) is 35.5 Å². The summed E-state index contributed by atoms with van der Waals surface area (Å²) in [6.45, 7) is 4.49. The minimum atomic E-state index is -0.417. The highest BCUT2D eigenvalue weighted by atomic mass is 32.2. The van der Waals surface area contributed by atoms with Gasteiger partial charge in [0.15, 0.2) is 11.0 Å². The van der Waals surface area contributed by atoms with Crippen molar-refractivity contribution >= 4 is 40.0 Å². The maximum absolute atomic E-state index is 12.7. The first-order valence-electron chi connectivity index (χ1n) is 11.0. The lowest BCUT2D eigenvalue weighted by Crippen LogP contribution is -2.17. The fourth-order valence-electron chi connectivity index (χ4n) is 3.77. The van der Waals surface area contributed by atoms with Gasteiger partial charge in [0.2, 0.25) is 5.91 Å². The highest BCUT2D eigenvalue weighted by Crippen LogP contribution is 2.39. The molecule has 2 heterocycles. The third-order valence-corrected chi connectivity index (χ3v) is 7.60. The van der Waals surface area contributed by atoms with Crippen molar-refractivity contribution in [3.8, 4) is 11.5 Å². The molecule has 0 unspecified atom stereocenters. The number of allylic oxidation sites excluding steroid dienone is 1. The number of thiophene rings is 1. The van der Waals surface area contributed by atoms with Crippen LogP contribution in [0, 0.1) is 0 Å². The number of anilines is 1. The Labute approximate surface area is 211 Å². The number of carbonyl (C=O) groups excluding carboxylic acids is 2. The molecule has 1 aliphatic carbocycles. The Bertz CT molecular complexity index is 1220. The number of hydrogen-bond donors (Lipinski definition) is 1. The van der Waals surface area contributed by atoms with E-state index in [1.807, 2.05) is 28.8 Å². The predicted molar refractivity (Wildman–Crippen MR) is 135 cm³/mol. The van der Waals surface area contributed by atoms with Crippen LogP contribution in [0.5, 0.6) is 11.5 Å². The van der Waals surface area contributed by atoms with Crippen LogP contribution in [0.25, 0.3) is 0 Å². The third kappa shape index (κ3) is 5.68. The van der Waals surface area contributed by atoms with Crippen molar-refractivity contribution in [3.05, 3.63) is 58.7 Å². The molecule has 1 amide bonds. The van der Waals surface area contributed by atoms with Crippen LogP contribution < -0.4 is 14.8 Å². The largest absolute Gasteiger partial charge is 0.497 e. The number of methoxy groups -OCH3 is 2. The van der Waals surface area contributed by atoms with Crippen molar-refractivity contribution in [1.82, 2.24) is 14.8 Å². The Morgan fingerprint density at radius 3 is 2.69 bits per heavy atom. The summed E-state index contributed by atoms with van der Waals surface area (Å²) in [7, 11) is 2.96. The summed E-state index contributed by atoms with van der Waals surface area (Å²) in [6.07, 6.45) is 4.49. The average Bonchev–Trinajstić information content (AvgIpc) is 3.56. The fourth-order valence-corrected chi connectivity index (χ4v) is 5.83. The number of fused-ring (bicyclic) bond motifs is 1. The molecule has 1 N–H and O–H groups in total. The van der Waals surface area contributed by atoms with E-state index < -0.39 is 5.97 Å². The normalized spacial score (nSPS) is 12.2. The maximum Gasteiger partial charge on any atom is 0.341 e. The van der Waals surface area contributed by atoms with Crippen LogP contribution in [0.4, 0.5) is 5.00 Å². The second kappa shape index (κ2) is 11.4. The van der Waals surface area contributed by atoms with Crippen LogP contribution in [0.2, 0.25) is 0 Å². The van der Waals surface area contributed by atoms with Crippen molar-refractivity contribution in [3.63, 3.8) is 0 Å². The molecule has 3 aromatic rings. The second-order valence-electron chi connectivity index (χ2n) is 7.65. The number of thioether (sulfide) groups is 1. The van der Waals surface area contributed by atoms with E-state index in [-0.39, 0.29) is 18.3 Å². The van der Waals surface area contributed by atoms with Gasteiger partial charge in [-0.25, -0.2) is 4.79 Å². The van der Waals surface area contributed by atoms with Gasteiger partial charge in [-0.3, -0.25) is 9.36 Å². The van der Waals surface area contributed by atoms with Gasteiger partial charge in [-0.2, -0.15) is 0 Å². The van der Waals surface area contributed by atoms with E-state index in [0.29, 0.717) is 33.8 Å². The molecule has 0 fully saturated rings. The Kier molecular flexibility index (Phi) is 8.09. The van der Waals surface area contributed by atoms with Gasteiger partial charge >= 0.3 is 5.97 Å². The lowest BCUT2D eigenvalue weighted by molar-refractivity contribution is -0.113. The first kappa shape index (κ1) is 24.8. The molecule has 11 heteroatoms. The highest BCUT2D eigenvalue weighted by molar-refractivity contribution is 7.99. The Balaban J connectivity index is 1.39. The summed E-state index contributed by atoms with van der Waals surface area (Å²) in [5.74, 6) is 1.50. The molecule has 0 atom stereocenters. The monoisotopic (exact) mass is 514 g/mol. The van der Waals surface area contributed by atoms with E-state index in [0.717, 1.165) is 35.5 Å². The Hall–Kier alpha value is -3.31. The molecule has 0 spiro atoms. The molecule has 1 aromatic carbocycles. The van der Waals surface area contributed by atoms with Gasteiger partial charge in [-0.15, -0.1) is 28.1 Å². The number of ether oxygens (including phenoxy) is 3. The van der Waals surface area contributed by atoms with Crippen LogP contribution in [0.15, 0.2) is 42.1 Å². The molecule has 1 aliphatic rings. The van der Waals surface area contributed by atoms with Gasteiger partial charge in [-0.05, 0) is 49.1 Å². The summed E-state index contributed by atoms with van der Waals surface area (Å²) < 4.78 is 17.8. The molecule has 184 valence electrons. The van der Waals surface area contributed by atoms with Crippen LogP contribution in [0.1, 0.15) is 33.0 Å². The number of aromatic nitrogens is 3. The zero-order valence-electron chi connectivity index (χ0n) is 19.5. The summed E-state index contributed by atoms with van der Waals surface area (Å²) in [6, 6.07) is 7.27. The molecular formula is C24H26N4O5S2. The number of rotatable bonds is 11. The van der Waals surface area contributed by atoms with Gasteiger partial charge in [0.1, 0.15) is 23.1 Å². The quantitative estimate of drug-likeness (QED) is 0.232. The molecule has 0 radical (unpaired) electrons. The number of amides is 1. The lowest BCUT2D eigenvalue weighted by Gasteiger charge is -2.10. The molecule has 2 aromatic heterocycles. The first-order valence-corrected chi connectivity index (χ1v) is 12.8. The smallest absolute Gasteiger partial charge is 0.341 e. The number of nitrogens with zero attached hydrogens (tertiary/aromatic N) is 3. The van der Waals surface area contributed by atoms with Gasteiger partial charge in [-0.1, -0.05) is 17.8 Å². The van der Waals surface area contributed by atoms with Crippen molar-refractivity contribution in [1.29, 1.82) is 0 Å². The topological polar surface area (TPSA) is 105 Å². The minimum Gasteiger partial charge on any atom is -0.497 e. The number of aryl methyl sites for hydroxylation is 1. The zero-order chi connectivity index (χ0) is 24.8. The van der Waals surface area contributed by atoms with Gasteiger partial charge in [0.25, 0.3) is 0 Å². The fraction of sp³-hybridized carbons (Fsp3) is 0.333. The SMILES string of the molecule is C=CCn1c(COc2ccc(OC)cc2)nnc1SCC(=O)Nc1sc2c(c1C(=O)OC)CCC2. The second-order valence-corrected chi connectivity index (χ2v) is 9.70. The molecule has 35 heavy (non-hydrogen) atoms. The van der Waals surface area contributed by atoms with E-state index >= 15 is 0 Å². The third-order valence-electron chi connectivity index (χ3n) is 5.43. The van der Waals surface area contributed by atoms with Gasteiger partial charge < -0.3 is 19.5 Å². The number of nitrogens with one attached hydrogen (secondary N) is 1. The number of hydrogen-bond acceptors (Lipinski definition) is 9. The summed E-state index contributed by atoms with van der Waals surface area (Å²) in [4.78, 5) is 26.2. The average molecular weight is 515 g/mol.